The Labute approximate surface area is 118 Å². The average molecular weight is 265 g/mol. The minimum atomic E-state index is 0.719. The standard InChI is InChI=1S/C16H31N3/c1-3-18-8-4-15(5-9-18)12-19-10-6-16(7-11-19)13-17(2)14-16/h15H,3-14H2,1-2H3. The highest BCUT2D eigenvalue weighted by atomic mass is 15.2. The Kier molecular flexibility index (Phi) is 4.16. The minimum Gasteiger partial charge on any atom is -0.305 e. The first-order valence-corrected chi connectivity index (χ1v) is 8.32. The van der Waals surface area contributed by atoms with Crippen LogP contribution in [-0.4, -0.2) is 74.1 Å². The van der Waals surface area contributed by atoms with Crippen molar-refractivity contribution in [3.8, 4) is 0 Å². The predicted molar refractivity (Wildman–Crippen MR) is 80.4 cm³/mol. The van der Waals surface area contributed by atoms with Crippen molar-refractivity contribution in [2.75, 3.05) is 59.4 Å². The molecule has 3 aliphatic rings. The molecule has 19 heavy (non-hydrogen) atoms. The molecule has 3 heteroatoms. The summed E-state index contributed by atoms with van der Waals surface area (Å²) in [5.74, 6) is 0.973. The Morgan fingerprint density at radius 1 is 0.947 bits per heavy atom. The molecule has 0 aromatic rings. The van der Waals surface area contributed by atoms with E-state index in [2.05, 4.69) is 28.7 Å². The summed E-state index contributed by atoms with van der Waals surface area (Å²) < 4.78 is 0. The molecule has 0 radical (unpaired) electrons. The Morgan fingerprint density at radius 3 is 2.11 bits per heavy atom. The van der Waals surface area contributed by atoms with Crippen LogP contribution in [0.3, 0.4) is 0 Å². The smallest absolute Gasteiger partial charge is 0.00484 e. The Hall–Kier alpha value is -0.120. The molecule has 3 fully saturated rings. The van der Waals surface area contributed by atoms with Crippen LogP contribution in [0.15, 0.2) is 0 Å². The number of piperidine rings is 2. The van der Waals surface area contributed by atoms with Gasteiger partial charge in [-0.05, 0) is 76.8 Å². The van der Waals surface area contributed by atoms with Crippen molar-refractivity contribution < 1.29 is 0 Å². The number of hydrogen-bond donors (Lipinski definition) is 0. The molecule has 3 heterocycles. The van der Waals surface area contributed by atoms with Gasteiger partial charge < -0.3 is 14.7 Å². The zero-order valence-corrected chi connectivity index (χ0v) is 12.9. The highest BCUT2D eigenvalue weighted by molar-refractivity contribution is 4.97. The minimum absolute atomic E-state index is 0.719. The lowest BCUT2D eigenvalue weighted by Crippen LogP contribution is -2.59. The zero-order valence-electron chi connectivity index (χ0n) is 12.9. The second-order valence-corrected chi connectivity index (χ2v) is 7.35. The summed E-state index contributed by atoms with van der Waals surface area (Å²) in [5, 5.41) is 0. The van der Waals surface area contributed by atoms with Gasteiger partial charge in [0.2, 0.25) is 0 Å². The van der Waals surface area contributed by atoms with Crippen molar-refractivity contribution >= 4 is 0 Å². The quantitative estimate of drug-likeness (QED) is 0.770. The lowest BCUT2D eigenvalue weighted by Gasteiger charge is -2.53. The number of rotatable bonds is 3. The van der Waals surface area contributed by atoms with E-state index in [0.717, 1.165) is 11.3 Å². The van der Waals surface area contributed by atoms with Gasteiger partial charge in [0.15, 0.2) is 0 Å². The van der Waals surface area contributed by atoms with Crippen LogP contribution in [0.2, 0.25) is 0 Å². The predicted octanol–water partition coefficient (Wildman–Crippen LogP) is 1.75. The fourth-order valence-electron chi connectivity index (χ4n) is 4.48. The van der Waals surface area contributed by atoms with Gasteiger partial charge in [0.05, 0.1) is 0 Å². The molecule has 0 aromatic heterocycles. The van der Waals surface area contributed by atoms with Crippen LogP contribution in [0.25, 0.3) is 0 Å². The van der Waals surface area contributed by atoms with Crippen LogP contribution >= 0.6 is 0 Å². The molecule has 3 nitrogen and oxygen atoms in total. The molecular weight excluding hydrogens is 234 g/mol. The largest absolute Gasteiger partial charge is 0.305 e. The zero-order chi connectivity index (χ0) is 13.3. The molecule has 0 unspecified atom stereocenters. The molecule has 1 spiro atoms. The molecule has 110 valence electrons. The topological polar surface area (TPSA) is 9.72 Å². The van der Waals surface area contributed by atoms with Crippen molar-refractivity contribution in [3.05, 3.63) is 0 Å². The summed E-state index contributed by atoms with van der Waals surface area (Å²) in [6, 6.07) is 0. The molecule has 3 rings (SSSR count). The average Bonchev–Trinajstić information content (AvgIpc) is 2.41. The first-order chi connectivity index (χ1) is 9.19. The van der Waals surface area contributed by atoms with Crippen LogP contribution in [0, 0.1) is 11.3 Å². The van der Waals surface area contributed by atoms with Gasteiger partial charge in [-0.2, -0.15) is 0 Å². The summed E-state index contributed by atoms with van der Waals surface area (Å²) in [4.78, 5) is 7.85. The molecule has 0 aromatic carbocycles. The first kappa shape index (κ1) is 13.8. The summed E-state index contributed by atoms with van der Waals surface area (Å²) in [5.41, 5.74) is 0.719. The molecule has 0 bridgehead atoms. The summed E-state index contributed by atoms with van der Waals surface area (Å²) in [7, 11) is 2.26. The van der Waals surface area contributed by atoms with Gasteiger partial charge in [-0.1, -0.05) is 6.92 Å². The van der Waals surface area contributed by atoms with Gasteiger partial charge in [-0.3, -0.25) is 0 Å². The lowest BCUT2D eigenvalue weighted by atomic mass is 9.72. The molecule has 0 atom stereocenters. The van der Waals surface area contributed by atoms with Gasteiger partial charge in [0.1, 0.15) is 0 Å². The molecular formula is C16H31N3. The van der Waals surface area contributed by atoms with E-state index in [0.29, 0.717) is 0 Å². The Morgan fingerprint density at radius 2 is 1.58 bits per heavy atom. The van der Waals surface area contributed by atoms with Crippen molar-refractivity contribution in [1.29, 1.82) is 0 Å². The van der Waals surface area contributed by atoms with Crippen molar-refractivity contribution in [3.63, 3.8) is 0 Å². The van der Waals surface area contributed by atoms with E-state index in [-0.39, 0.29) is 0 Å². The van der Waals surface area contributed by atoms with Crippen molar-refractivity contribution in [1.82, 2.24) is 14.7 Å². The third-order valence-electron chi connectivity index (χ3n) is 5.80. The maximum absolute atomic E-state index is 2.76. The van der Waals surface area contributed by atoms with Gasteiger partial charge in [-0.25, -0.2) is 0 Å². The van der Waals surface area contributed by atoms with Crippen LogP contribution in [0.5, 0.6) is 0 Å². The summed E-state index contributed by atoms with van der Waals surface area (Å²) >= 11 is 0. The van der Waals surface area contributed by atoms with E-state index in [1.54, 1.807) is 0 Å². The number of nitrogens with zero attached hydrogens (tertiary/aromatic N) is 3. The summed E-state index contributed by atoms with van der Waals surface area (Å²) in [6.07, 6.45) is 5.76. The van der Waals surface area contributed by atoms with E-state index in [9.17, 15) is 0 Å². The van der Waals surface area contributed by atoms with Crippen molar-refractivity contribution in [2.45, 2.75) is 32.6 Å². The van der Waals surface area contributed by atoms with E-state index < -0.39 is 0 Å². The number of hydrogen-bond acceptors (Lipinski definition) is 3. The fourth-order valence-corrected chi connectivity index (χ4v) is 4.48. The first-order valence-electron chi connectivity index (χ1n) is 8.32. The van der Waals surface area contributed by atoms with Gasteiger partial charge in [0, 0.05) is 19.6 Å². The molecule has 3 saturated heterocycles. The SMILES string of the molecule is CCN1CCC(CN2CCC3(CC2)CN(C)C3)CC1. The highest BCUT2D eigenvalue weighted by Crippen LogP contribution is 2.39. The lowest BCUT2D eigenvalue weighted by molar-refractivity contribution is -0.0353. The van der Waals surface area contributed by atoms with Crippen LogP contribution in [0.1, 0.15) is 32.6 Å². The highest BCUT2D eigenvalue weighted by Gasteiger charge is 2.43. The van der Waals surface area contributed by atoms with Gasteiger partial charge in [0.25, 0.3) is 0 Å². The third-order valence-corrected chi connectivity index (χ3v) is 5.80. The second kappa shape index (κ2) is 5.71. The van der Waals surface area contributed by atoms with Gasteiger partial charge in [-0.15, -0.1) is 0 Å². The molecule has 0 saturated carbocycles. The van der Waals surface area contributed by atoms with Crippen LogP contribution in [0.4, 0.5) is 0 Å². The van der Waals surface area contributed by atoms with Gasteiger partial charge >= 0.3 is 0 Å². The molecule has 0 N–H and O–H groups in total. The fraction of sp³-hybridized carbons (Fsp3) is 1.00. The van der Waals surface area contributed by atoms with E-state index in [1.807, 2.05) is 0 Å². The maximum atomic E-state index is 2.76. The summed E-state index contributed by atoms with van der Waals surface area (Å²) in [6.45, 7) is 13.0. The van der Waals surface area contributed by atoms with Crippen LogP contribution in [-0.2, 0) is 0 Å². The third kappa shape index (κ3) is 3.14. The Bertz CT molecular complexity index is 280. The molecule has 0 amide bonds. The van der Waals surface area contributed by atoms with E-state index in [1.165, 1.54) is 78.0 Å². The van der Waals surface area contributed by atoms with Crippen LogP contribution < -0.4 is 0 Å². The normalized spacial score (nSPS) is 30.6. The van der Waals surface area contributed by atoms with E-state index in [4.69, 9.17) is 0 Å². The monoisotopic (exact) mass is 265 g/mol. The Balaban J connectivity index is 1.38. The molecule has 0 aliphatic carbocycles. The van der Waals surface area contributed by atoms with E-state index >= 15 is 0 Å². The van der Waals surface area contributed by atoms with Crippen molar-refractivity contribution in [2.24, 2.45) is 11.3 Å². The molecule has 3 aliphatic heterocycles. The number of likely N-dealkylation sites (tertiary alicyclic amines) is 3. The second-order valence-electron chi connectivity index (χ2n) is 7.35. The maximum Gasteiger partial charge on any atom is 0.00484 e.